The average molecular weight is 559 g/mol. The predicted molar refractivity (Wildman–Crippen MR) is 153 cm³/mol. The molecule has 0 radical (unpaired) electrons. The Bertz CT molecular complexity index is 1070. The smallest absolute Gasteiger partial charge is 0.164 e. The van der Waals surface area contributed by atoms with E-state index < -0.39 is 11.6 Å². The molecular weight excluding hydrogens is 513 g/mol. The highest BCUT2D eigenvalue weighted by atomic mass is 19.2. The first-order chi connectivity index (χ1) is 19.5. The van der Waals surface area contributed by atoms with Gasteiger partial charge >= 0.3 is 0 Å². The van der Waals surface area contributed by atoms with Gasteiger partial charge in [-0.1, -0.05) is 37.6 Å². The van der Waals surface area contributed by atoms with Crippen LogP contribution in [0.15, 0.2) is 43.0 Å². The van der Waals surface area contributed by atoms with Crippen LogP contribution in [0, 0.1) is 17.5 Å². The fourth-order valence-electron chi connectivity index (χ4n) is 6.06. The number of hydrogen-bond donors (Lipinski definition) is 0. The molecule has 6 heteroatoms. The summed E-state index contributed by atoms with van der Waals surface area (Å²) in [5, 5.41) is 0. The molecule has 0 atom stereocenters. The van der Waals surface area contributed by atoms with Gasteiger partial charge in [-0.15, -0.1) is 6.58 Å². The molecule has 40 heavy (non-hydrogen) atoms. The lowest BCUT2D eigenvalue weighted by Crippen LogP contribution is -2.22. The van der Waals surface area contributed by atoms with Crippen molar-refractivity contribution in [3.8, 4) is 5.75 Å². The van der Waals surface area contributed by atoms with Gasteiger partial charge in [-0.3, -0.25) is 0 Å². The van der Waals surface area contributed by atoms with Crippen LogP contribution in [0.5, 0.6) is 5.75 Å². The first-order valence-corrected chi connectivity index (χ1v) is 15.2. The van der Waals surface area contributed by atoms with E-state index in [1.807, 2.05) is 18.2 Å². The molecule has 2 aromatic carbocycles. The number of rotatable bonds is 14. The van der Waals surface area contributed by atoms with Crippen LogP contribution in [0.4, 0.5) is 13.2 Å². The van der Waals surface area contributed by atoms with E-state index in [0.717, 1.165) is 83.7 Å². The van der Waals surface area contributed by atoms with Gasteiger partial charge in [0.15, 0.2) is 11.6 Å². The van der Waals surface area contributed by atoms with Crippen LogP contribution in [0.25, 0.3) is 0 Å². The molecule has 2 aliphatic carbocycles. The number of hydrogen-bond acceptors (Lipinski definition) is 3. The highest BCUT2D eigenvalue weighted by Crippen LogP contribution is 2.38. The predicted octanol–water partition coefficient (Wildman–Crippen LogP) is 9.53. The van der Waals surface area contributed by atoms with Crippen LogP contribution in [0.2, 0.25) is 0 Å². The zero-order valence-corrected chi connectivity index (χ0v) is 23.9. The Hall–Kier alpha value is -2.31. The SMILES string of the molecule is C=CCCCOc1ccc(C2CCC(OCc3ccc(C4CCC(OCCCC)CC4)c(F)c3F)CC2)c(F)c1. The van der Waals surface area contributed by atoms with Crippen LogP contribution in [-0.2, 0) is 16.1 Å². The van der Waals surface area contributed by atoms with E-state index >= 15 is 4.39 Å². The number of ether oxygens (including phenoxy) is 3. The maximum Gasteiger partial charge on any atom is 0.164 e. The molecule has 3 nitrogen and oxygen atoms in total. The van der Waals surface area contributed by atoms with E-state index in [1.165, 1.54) is 6.07 Å². The second-order valence-electron chi connectivity index (χ2n) is 11.4. The lowest BCUT2D eigenvalue weighted by molar-refractivity contribution is 0.0116. The zero-order valence-electron chi connectivity index (χ0n) is 23.9. The molecule has 2 saturated carbocycles. The molecule has 0 bridgehead atoms. The Balaban J connectivity index is 1.23. The molecule has 2 fully saturated rings. The molecule has 0 unspecified atom stereocenters. The summed E-state index contributed by atoms with van der Waals surface area (Å²) in [6.45, 7) is 7.20. The van der Waals surface area contributed by atoms with Gasteiger partial charge in [0.05, 0.1) is 25.4 Å². The van der Waals surface area contributed by atoms with Crippen molar-refractivity contribution < 1.29 is 27.4 Å². The summed E-state index contributed by atoms with van der Waals surface area (Å²) in [4.78, 5) is 0. The lowest BCUT2D eigenvalue weighted by Gasteiger charge is -2.30. The van der Waals surface area contributed by atoms with Crippen molar-refractivity contribution in [3.05, 3.63) is 77.1 Å². The third kappa shape index (κ3) is 8.36. The summed E-state index contributed by atoms with van der Waals surface area (Å²) in [6, 6.07) is 8.56. The molecule has 0 heterocycles. The van der Waals surface area contributed by atoms with E-state index in [0.29, 0.717) is 23.5 Å². The zero-order chi connectivity index (χ0) is 28.3. The molecule has 4 rings (SSSR count). The van der Waals surface area contributed by atoms with E-state index in [-0.39, 0.29) is 42.0 Å². The molecule has 2 aliphatic rings. The third-order valence-corrected chi connectivity index (χ3v) is 8.54. The Morgan fingerprint density at radius 3 is 2.08 bits per heavy atom. The minimum Gasteiger partial charge on any atom is -0.493 e. The van der Waals surface area contributed by atoms with Gasteiger partial charge in [0.1, 0.15) is 11.6 Å². The second kappa shape index (κ2) is 15.6. The second-order valence-corrected chi connectivity index (χ2v) is 11.4. The molecule has 2 aromatic rings. The van der Waals surface area contributed by atoms with Crippen molar-refractivity contribution in [1.82, 2.24) is 0 Å². The van der Waals surface area contributed by atoms with Gasteiger partial charge in [-0.05, 0) is 99.7 Å². The van der Waals surface area contributed by atoms with Gasteiger partial charge in [-0.25, -0.2) is 13.2 Å². The van der Waals surface area contributed by atoms with Gasteiger partial charge in [0, 0.05) is 18.2 Å². The Kier molecular flexibility index (Phi) is 12.0. The van der Waals surface area contributed by atoms with Crippen molar-refractivity contribution in [2.24, 2.45) is 0 Å². The van der Waals surface area contributed by atoms with Crippen LogP contribution < -0.4 is 4.74 Å². The van der Waals surface area contributed by atoms with Crippen LogP contribution >= 0.6 is 0 Å². The molecule has 220 valence electrons. The Morgan fingerprint density at radius 2 is 1.43 bits per heavy atom. The van der Waals surface area contributed by atoms with Gasteiger partial charge < -0.3 is 14.2 Å². The van der Waals surface area contributed by atoms with Gasteiger partial charge in [-0.2, -0.15) is 0 Å². The number of halogens is 3. The average Bonchev–Trinajstić information content (AvgIpc) is 2.97. The summed E-state index contributed by atoms with van der Waals surface area (Å²) in [7, 11) is 0. The van der Waals surface area contributed by atoms with E-state index in [1.54, 1.807) is 12.1 Å². The first-order valence-electron chi connectivity index (χ1n) is 15.2. The van der Waals surface area contributed by atoms with Crippen molar-refractivity contribution in [3.63, 3.8) is 0 Å². The molecule has 0 amide bonds. The standard InChI is InChI=1S/C34H45F3O3/c1-3-5-7-21-39-29-17-19-30(32(35)22-29)24-8-15-28(16-9-24)40-23-26-12-18-31(34(37)33(26)36)25-10-13-27(14-11-25)38-20-6-4-2/h3,12,17-19,22,24-25,27-28H,1,4-11,13-16,20-21,23H2,2H3. The summed E-state index contributed by atoms with van der Waals surface area (Å²) < 4.78 is 62.4. The summed E-state index contributed by atoms with van der Waals surface area (Å²) in [6.07, 6.45) is 12.5. The third-order valence-electron chi connectivity index (χ3n) is 8.54. The lowest BCUT2D eigenvalue weighted by atomic mass is 9.82. The van der Waals surface area contributed by atoms with Crippen LogP contribution in [0.3, 0.4) is 0 Å². The van der Waals surface area contributed by atoms with E-state index in [9.17, 15) is 8.78 Å². The van der Waals surface area contributed by atoms with Gasteiger partial charge in [0.2, 0.25) is 0 Å². The normalized spacial score (nSPS) is 23.2. The highest BCUT2D eigenvalue weighted by Gasteiger charge is 2.28. The molecule has 0 spiro atoms. The fraction of sp³-hybridized carbons (Fsp3) is 0.588. The highest BCUT2D eigenvalue weighted by molar-refractivity contribution is 5.32. The van der Waals surface area contributed by atoms with Crippen LogP contribution in [-0.4, -0.2) is 25.4 Å². The monoisotopic (exact) mass is 558 g/mol. The maximum absolute atomic E-state index is 15.1. The van der Waals surface area contributed by atoms with E-state index in [4.69, 9.17) is 14.2 Å². The van der Waals surface area contributed by atoms with Crippen molar-refractivity contribution in [2.75, 3.05) is 13.2 Å². The fourth-order valence-corrected chi connectivity index (χ4v) is 6.06. The van der Waals surface area contributed by atoms with Crippen molar-refractivity contribution in [1.29, 1.82) is 0 Å². The van der Waals surface area contributed by atoms with Crippen LogP contribution in [0.1, 0.15) is 112 Å². The quantitative estimate of drug-likeness (QED) is 0.171. The summed E-state index contributed by atoms with van der Waals surface area (Å²) >= 11 is 0. The van der Waals surface area contributed by atoms with Crippen molar-refractivity contribution in [2.45, 2.75) is 115 Å². The first kappa shape index (κ1) is 30.6. The summed E-state index contributed by atoms with van der Waals surface area (Å²) in [5.74, 6) is -1.06. The van der Waals surface area contributed by atoms with Crippen molar-refractivity contribution >= 4 is 0 Å². The Labute approximate surface area is 238 Å². The molecule has 0 N–H and O–H groups in total. The molecule has 0 saturated heterocycles. The number of benzene rings is 2. The minimum absolute atomic E-state index is 0.0315. The minimum atomic E-state index is -0.790. The van der Waals surface area contributed by atoms with Gasteiger partial charge in [0.25, 0.3) is 0 Å². The van der Waals surface area contributed by atoms with E-state index in [2.05, 4.69) is 13.5 Å². The maximum atomic E-state index is 15.1. The molecule has 0 aliphatic heterocycles. The number of unbranched alkanes of at least 4 members (excludes halogenated alkanes) is 2. The Morgan fingerprint density at radius 1 is 0.775 bits per heavy atom. The molecular formula is C34H45F3O3. The summed E-state index contributed by atoms with van der Waals surface area (Å²) in [5.41, 5.74) is 1.45. The largest absolute Gasteiger partial charge is 0.493 e. The molecule has 0 aromatic heterocycles. The number of allylic oxidation sites excluding steroid dienone is 1. The topological polar surface area (TPSA) is 27.7 Å².